The van der Waals surface area contributed by atoms with Crippen LogP contribution in [0.5, 0.6) is 0 Å². The Balaban J connectivity index is 1.45. The normalized spacial score (nSPS) is 17.1. The van der Waals surface area contributed by atoms with E-state index in [0.29, 0.717) is 25.7 Å². The molecule has 0 spiro atoms. The highest BCUT2D eigenvalue weighted by Gasteiger charge is 2.34. The number of carbonyl (C=O) groups excluding carboxylic acids is 2. The molecule has 0 atom stereocenters. The molecule has 2 aromatic carbocycles. The van der Waals surface area contributed by atoms with Crippen LogP contribution in [0.25, 0.3) is 21.2 Å². The van der Waals surface area contributed by atoms with Crippen molar-refractivity contribution in [2.75, 3.05) is 0 Å². The number of nitrogens with zero attached hydrogens (tertiary/aromatic N) is 2. The molecule has 4 aromatic rings. The number of hydrogen-bond donors (Lipinski definition) is 1. The van der Waals surface area contributed by atoms with Crippen LogP contribution in [0, 0.1) is 18.6 Å². The van der Waals surface area contributed by atoms with Crippen LogP contribution in [0.1, 0.15) is 67.3 Å². The lowest BCUT2D eigenvalue weighted by Gasteiger charge is -2.37. The number of rotatable bonds is 6. The van der Waals surface area contributed by atoms with Crippen molar-refractivity contribution in [3.8, 4) is 11.1 Å². The molecule has 1 saturated carbocycles. The monoisotopic (exact) mass is 625 g/mol. The fraction of sp³-hybridized carbons (Fsp3) is 0.364. The quantitative estimate of drug-likeness (QED) is 0.233. The molecule has 0 saturated heterocycles. The van der Waals surface area contributed by atoms with Crippen LogP contribution in [-0.2, 0) is 11.3 Å². The van der Waals surface area contributed by atoms with E-state index in [4.69, 9.17) is 16.3 Å². The minimum absolute atomic E-state index is 0.0226. The van der Waals surface area contributed by atoms with Gasteiger partial charge in [0.15, 0.2) is 0 Å². The number of amides is 2. The van der Waals surface area contributed by atoms with Gasteiger partial charge in [0.2, 0.25) is 0 Å². The van der Waals surface area contributed by atoms with Gasteiger partial charge in [-0.1, -0.05) is 23.7 Å². The van der Waals surface area contributed by atoms with Crippen molar-refractivity contribution in [1.82, 2.24) is 15.2 Å². The van der Waals surface area contributed by atoms with Crippen LogP contribution in [0.15, 0.2) is 54.9 Å². The molecule has 6 nitrogen and oxygen atoms in total. The number of carbonyl (C=O) groups is 2. The summed E-state index contributed by atoms with van der Waals surface area (Å²) < 4.78 is 34.8. The molecule has 10 heteroatoms. The summed E-state index contributed by atoms with van der Waals surface area (Å²) in [6, 6.07) is 11.8. The maximum atomic E-state index is 14.7. The highest BCUT2D eigenvalue weighted by molar-refractivity contribution is 7.21. The van der Waals surface area contributed by atoms with Crippen molar-refractivity contribution >= 4 is 45.0 Å². The Morgan fingerprint density at radius 3 is 2.35 bits per heavy atom. The number of pyridine rings is 1. The number of aryl methyl sites for hydroxylation is 1. The topological polar surface area (TPSA) is 71.5 Å². The molecular weight excluding hydrogens is 592 g/mol. The Kier molecular flexibility index (Phi) is 9.04. The summed E-state index contributed by atoms with van der Waals surface area (Å²) >= 11 is 7.45. The summed E-state index contributed by atoms with van der Waals surface area (Å²) in [5.41, 5.74) is 3.35. The molecule has 0 radical (unpaired) electrons. The van der Waals surface area contributed by atoms with E-state index in [9.17, 15) is 18.4 Å². The molecule has 43 heavy (non-hydrogen) atoms. The van der Waals surface area contributed by atoms with Crippen LogP contribution in [0.2, 0.25) is 5.02 Å². The van der Waals surface area contributed by atoms with Gasteiger partial charge in [-0.25, -0.2) is 13.6 Å². The minimum Gasteiger partial charge on any atom is -0.444 e. The van der Waals surface area contributed by atoms with E-state index in [2.05, 4.69) is 16.4 Å². The highest BCUT2D eigenvalue weighted by Crippen LogP contribution is 2.40. The number of thiophene rings is 1. The number of alkyl carbamates (subject to hydrolysis) is 1. The number of ether oxygens (including phenoxy) is 1. The number of fused-ring (bicyclic) bond motifs is 1. The standard InChI is InChI=1S/C33H34ClF2N3O3S/c1-19-5-6-21(20-13-15-37-16-14-20)17-22(19)18-39(24-9-7-23(8-10-24)38-32(41)42-33(2,3)4)31(40)30-28(34)27-25(35)11-12-26(36)29(27)43-30/h5-6,11-17,23-24H,7-10,18H2,1-4H3,(H,38,41)/t23-,24-. The Labute approximate surface area is 259 Å². The first-order chi connectivity index (χ1) is 20.4. The number of hydrogen-bond acceptors (Lipinski definition) is 5. The van der Waals surface area contributed by atoms with Gasteiger partial charge in [-0.05, 0) is 106 Å². The van der Waals surface area contributed by atoms with Crippen molar-refractivity contribution in [2.45, 2.75) is 77.6 Å². The Bertz CT molecular complexity index is 1650. The van der Waals surface area contributed by atoms with E-state index >= 15 is 0 Å². The highest BCUT2D eigenvalue weighted by atomic mass is 35.5. The predicted octanol–water partition coefficient (Wildman–Crippen LogP) is 8.68. The van der Waals surface area contributed by atoms with Gasteiger partial charge in [-0.2, -0.15) is 0 Å². The maximum Gasteiger partial charge on any atom is 0.407 e. The van der Waals surface area contributed by atoms with E-state index in [1.165, 1.54) is 0 Å². The third-order valence-corrected chi connectivity index (χ3v) is 9.37. The molecule has 0 bridgehead atoms. The zero-order chi connectivity index (χ0) is 30.9. The first-order valence-corrected chi connectivity index (χ1v) is 15.5. The number of aromatic nitrogens is 1. The van der Waals surface area contributed by atoms with Crippen LogP contribution >= 0.6 is 22.9 Å². The van der Waals surface area contributed by atoms with Crippen molar-refractivity contribution in [1.29, 1.82) is 0 Å². The van der Waals surface area contributed by atoms with Gasteiger partial charge in [0.05, 0.1) is 15.1 Å². The first kappa shape index (κ1) is 30.9. The van der Waals surface area contributed by atoms with E-state index in [1.54, 1.807) is 17.3 Å². The second-order valence-corrected chi connectivity index (χ2v) is 13.3. The minimum atomic E-state index is -0.669. The number of halogens is 3. The van der Waals surface area contributed by atoms with Crippen LogP contribution in [0.3, 0.4) is 0 Å². The van der Waals surface area contributed by atoms with Gasteiger partial charge < -0.3 is 15.0 Å². The zero-order valence-electron chi connectivity index (χ0n) is 24.5. The zero-order valence-corrected chi connectivity index (χ0v) is 26.1. The van der Waals surface area contributed by atoms with Crippen LogP contribution in [0.4, 0.5) is 13.6 Å². The number of benzene rings is 2. The van der Waals surface area contributed by atoms with Gasteiger partial charge in [-0.15, -0.1) is 11.3 Å². The number of nitrogens with one attached hydrogen (secondary N) is 1. The fourth-order valence-corrected chi connectivity index (χ4v) is 6.99. The van der Waals surface area contributed by atoms with Gasteiger partial charge in [0.1, 0.15) is 22.1 Å². The van der Waals surface area contributed by atoms with Crippen molar-refractivity contribution < 1.29 is 23.1 Å². The van der Waals surface area contributed by atoms with Crippen molar-refractivity contribution in [2.24, 2.45) is 0 Å². The van der Waals surface area contributed by atoms with Crippen LogP contribution < -0.4 is 5.32 Å². The smallest absolute Gasteiger partial charge is 0.407 e. The summed E-state index contributed by atoms with van der Waals surface area (Å²) in [7, 11) is 0. The summed E-state index contributed by atoms with van der Waals surface area (Å²) in [4.78, 5) is 32.6. The summed E-state index contributed by atoms with van der Waals surface area (Å²) in [5.74, 6) is -1.66. The van der Waals surface area contributed by atoms with Gasteiger partial charge in [0.25, 0.3) is 5.91 Å². The van der Waals surface area contributed by atoms with Gasteiger partial charge in [-0.3, -0.25) is 9.78 Å². The Morgan fingerprint density at radius 2 is 1.70 bits per heavy atom. The molecule has 1 aliphatic rings. The second kappa shape index (κ2) is 12.6. The van der Waals surface area contributed by atoms with E-state index in [0.717, 1.165) is 45.7 Å². The van der Waals surface area contributed by atoms with Crippen LogP contribution in [-0.4, -0.2) is 39.6 Å². The van der Waals surface area contributed by atoms with E-state index < -0.39 is 23.3 Å². The molecule has 1 N–H and O–H groups in total. The first-order valence-electron chi connectivity index (χ1n) is 14.3. The average Bonchev–Trinajstić information content (AvgIpc) is 3.32. The third-order valence-electron chi connectivity index (χ3n) is 7.70. The van der Waals surface area contributed by atoms with E-state index in [1.807, 2.05) is 52.0 Å². The summed E-state index contributed by atoms with van der Waals surface area (Å²) in [6.07, 6.45) is 5.54. The fourth-order valence-electron chi connectivity index (χ4n) is 5.49. The van der Waals surface area contributed by atoms with Crippen molar-refractivity contribution in [3.05, 3.63) is 87.5 Å². The lowest BCUT2D eigenvalue weighted by molar-refractivity contribution is 0.0454. The molecule has 0 unspecified atom stereocenters. The van der Waals surface area contributed by atoms with Gasteiger partial charge in [0, 0.05) is 31.0 Å². The molecule has 2 amide bonds. The largest absolute Gasteiger partial charge is 0.444 e. The SMILES string of the molecule is Cc1ccc(-c2ccncc2)cc1CN(C(=O)c1sc2c(F)ccc(F)c2c1Cl)[C@H]1CC[C@H](NC(=O)OC(C)(C)C)CC1. The van der Waals surface area contributed by atoms with Gasteiger partial charge >= 0.3 is 6.09 Å². The molecule has 226 valence electrons. The average molecular weight is 626 g/mol. The van der Waals surface area contributed by atoms with E-state index in [-0.39, 0.29) is 44.5 Å². The lowest BCUT2D eigenvalue weighted by Crippen LogP contribution is -2.46. The molecule has 2 heterocycles. The predicted molar refractivity (Wildman–Crippen MR) is 166 cm³/mol. The molecule has 5 rings (SSSR count). The van der Waals surface area contributed by atoms with Crippen molar-refractivity contribution in [3.63, 3.8) is 0 Å². The molecular formula is C33H34ClF2N3O3S. The summed E-state index contributed by atoms with van der Waals surface area (Å²) in [6.45, 7) is 7.72. The maximum absolute atomic E-state index is 14.7. The summed E-state index contributed by atoms with van der Waals surface area (Å²) in [5, 5.41) is 2.80. The molecule has 2 aromatic heterocycles. The molecule has 1 aliphatic carbocycles. The lowest BCUT2D eigenvalue weighted by atomic mass is 9.89. The second-order valence-electron chi connectivity index (χ2n) is 11.9. The molecule has 1 fully saturated rings. The Hall–Kier alpha value is -3.56. The third kappa shape index (κ3) is 6.99. The Morgan fingerprint density at radius 1 is 1.02 bits per heavy atom. The molecule has 0 aliphatic heterocycles.